The third kappa shape index (κ3) is 1.64. The highest BCUT2D eigenvalue weighted by molar-refractivity contribution is 7.10. The number of thiophene rings is 1. The number of nitrogens with one attached hydrogen (secondary N) is 1. The van der Waals surface area contributed by atoms with E-state index < -0.39 is 0 Å². The number of hydrogen-bond donors (Lipinski definition) is 1. The zero-order valence-corrected chi connectivity index (χ0v) is 11.2. The van der Waals surface area contributed by atoms with Gasteiger partial charge in [0.1, 0.15) is 5.82 Å². The van der Waals surface area contributed by atoms with E-state index in [1.54, 1.807) is 11.3 Å². The van der Waals surface area contributed by atoms with Gasteiger partial charge in [-0.15, -0.1) is 11.3 Å². The Kier molecular flexibility index (Phi) is 2.19. The van der Waals surface area contributed by atoms with Crippen LogP contribution in [0.4, 0.5) is 0 Å². The molecule has 0 fully saturated rings. The third-order valence-electron chi connectivity index (χ3n) is 3.23. The molecular formula is C15H11N3S. The Bertz CT molecular complexity index is 889. The number of hydrogen-bond acceptors (Lipinski definition) is 3. The lowest BCUT2D eigenvalue weighted by atomic mass is 10.2. The van der Waals surface area contributed by atoms with Gasteiger partial charge in [0.15, 0.2) is 0 Å². The molecule has 0 amide bonds. The van der Waals surface area contributed by atoms with Crippen molar-refractivity contribution in [3.8, 4) is 11.4 Å². The summed E-state index contributed by atoms with van der Waals surface area (Å²) in [7, 11) is 0. The number of rotatable bonds is 1. The molecule has 4 rings (SSSR count). The van der Waals surface area contributed by atoms with Crippen LogP contribution >= 0.6 is 11.3 Å². The number of aromatic nitrogens is 3. The molecule has 19 heavy (non-hydrogen) atoms. The van der Waals surface area contributed by atoms with Gasteiger partial charge in [-0.1, -0.05) is 18.2 Å². The van der Waals surface area contributed by atoms with E-state index in [4.69, 9.17) is 4.98 Å². The number of H-pyrrole nitrogens is 1. The first kappa shape index (κ1) is 10.7. The van der Waals surface area contributed by atoms with Gasteiger partial charge in [-0.25, -0.2) is 4.98 Å². The number of nitrogens with zero attached hydrogens (tertiary/aromatic N) is 2. The van der Waals surface area contributed by atoms with Crippen LogP contribution in [0, 0.1) is 6.92 Å². The first-order valence-electron chi connectivity index (χ1n) is 6.10. The van der Waals surface area contributed by atoms with Crippen LogP contribution in [0.25, 0.3) is 33.3 Å². The first-order chi connectivity index (χ1) is 9.31. The van der Waals surface area contributed by atoms with Crippen molar-refractivity contribution >= 4 is 33.3 Å². The lowest BCUT2D eigenvalue weighted by molar-refractivity contribution is 1.34. The molecule has 1 aromatic carbocycles. The van der Waals surface area contributed by atoms with Gasteiger partial charge < -0.3 is 4.98 Å². The Labute approximate surface area is 114 Å². The summed E-state index contributed by atoms with van der Waals surface area (Å²) in [5, 5.41) is 3.22. The van der Waals surface area contributed by atoms with Crippen molar-refractivity contribution < 1.29 is 0 Å². The van der Waals surface area contributed by atoms with Gasteiger partial charge in [-0.2, -0.15) is 0 Å². The fourth-order valence-corrected chi connectivity index (χ4v) is 3.00. The second-order valence-corrected chi connectivity index (χ2v) is 5.68. The van der Waals surface area contributed by atoms with Crippen LogP contribution in [-0.4, -0.2) is 15.0 Å². The average molecular weight is 265 g/mol. The van der Waals surface area contributed by atoms with Crippen LogP contribution < -0.4 is 0 Å². The zero-order valence-electron chi connectivity index (χ0n) is 10.3. The van der Waals surface area contributed by atoms with E-state index in [0.29, 0.717) is 0 Å². The molecule has 0 saturated carbocycles. The minimum absolute atomic E-state index is 0.914. The number of benzene rings is 1. The van der Waals surface area contributed by atoms with Crippen molar-refractivity contribution in [1.82, 2.24) is 15.0 Å². The van der Waals surface area contributed by atoms with E-state index in [0.717, 1.165) is 33.3 Å². The molecule has 0 aliphatic carbocycles. The molecule has 0 bridgehead atoms. The highest BCUT2D eigenvalue weighted by Gasteiger charge is 2.09. The molecule has 0 saturated heterocycles. The molecule has 0 spiro atoms. The molecule has 4 heteroatoms. The maximum absolute atomic E-state index is 4.74. The summed E-state index contributed by atoms with van der Waals surface area (Å²) < 4.78 is 0. The third-order valence-corrected chi connectivity index (χ3v) is 4.09. The summed E-state index contributed by atoms with van der Waals surface area (Å²) in [5.41, 5.74) is 4.10. The second-order valence-electron chi connectivity index (χ2n) is 4.57. The minimum atomic E-state index is 0.914. The minimum Gasteiger partial charge on any atom is -0.337 e. The molecule has 4 aromatic rings. The Balaban J connectivity index is 2.03. The van der Waals surface area contributed by atoms with Crippen molar-refractivity contribution in [2.45, 2.75) is 6.92 Å². The zero-order chi connectivity index (χ0) is 12.8. The van der Waals surface area contributed by atoms with Crippen LogP contribution in [0.5, 0.6) is 0 Å². The van der Waals surface area contributed by atoms with E-state index in [-0.39, 0.29) is 0 Å². The normalized spacial score (nSPS) is 11.4. The molecule has 1 N–H and O–H groups in total. The smallest absolute Gasteiger partial charge is 0.139 e. The van der Waals surface area contributed by atoms with E-state index in [1.165, 1.54) is 4.88 Å². The van der Waals surface area contributed by atoms with E-state index >= 15 is 0 Å². The first-order valence-corrected chi connectivity index (χ1v) is 6.98. The molecule has 3 nitrogen and oxygen atoms in total. The summed E-state index contributed by atoms with van der Waals surface area (Å²) in [6.07, 6.45) is 1.85. The van der Waals surface area contributed by atoms with Gasteiger partial charge in [-0.05, 0) is 19.1 Å². The summed E-state index contributed by atoms with van der Waals surface area (Å²) in [6, 6.07) is 10.2. The Morgan fingerprint density at radius 1 is 1.21 bits per heavy atom. The lowest BCUT2D eigenvalue weighted by Crippen LogP contribution is -1.79. The molecule has 0 atom stereocenters. The highest BCUT2D eigenvalue weighted by Crippen LogP contribution is 2.27. The van der Waals surface area contributed by atoms with Crippen molar-refractivity contribution in [2.75, 3.05) is 0 Å². The van der Waals surface area contributed by atoms with Crippen LogP contribution in [-0.2, 0) is 0 Å². The largest absolute Gasteiger partial charge is 0.337 e. The van der Waals surface area contributed by atoms with Crippen LogP contribution in [0.1, 0.15) is 4.88 Å². The standard InChI is InChI=1S/C15H11N3S/c1-9-6-10(8-19-9)15-17-13-7-16-12-5-3-2-4-11(12)14(13)18-15/h2-8H,1H3,(H,17,18). The summed E-state index contributed by atoms with van der Waals surface area (Å²) in [6.45, 7) is 2.10. The maximum atomic E-state index is 4.74. The topological polar surface area (TPSA) is 41.6 Å². The number of aryl methyl sites for hydroxylation is 1. The number of imidazole rings is 1. The molecule has 0 unspecified atom stereocenters. The summed E-state index contributed by atoms with van der Waals surface area (Å²) >= 11 is 1.74. The SMILES string of the molecule is Cc1cc(-c2nc3c(cnc4ccccc43)[nH]2)cs1. The van der Waals surface area contributed by atoms with Gasteiger partial charge in [0.05, 0.1) is 22.7 Å². The predicted octanol–water partition coefficient (Wildman–Crippen LogP) is 4.15. The van der Waals surface area contributed by atoms with Crippen LogP contribution in [0.3, 0.4) is 0 Å². The summed E-state index contributed by atoms with van der Waals surface area (Å²) in [5.74, 6) is 0.914. The Morgan fingerprint density at radius 3 is 2.95 bits per heavy atom. The van der Waals surface area contributed by atoms with Gasteiger partial charge >= 0.3 is 0 Å². The van der Waals surface area contributed by atoms with E-state index in [1.807, 2.05) is 24.4 Å². The van der Waals surface area contributed by atoms with Crippen molar-refractivity contribution in [2.24, 2.45) is 0 Å². The number of pyridine rings is 1. The molecular weight excluding hydrogens is 254 g/mol. The monoisotopic (exact) mass is 265 g/mol. The van der Waals surface area contributed by atoms with Crippen molar-refractivity contribution in [3.05, 3.63) is 46.8 Å². The summed E-state index contributed by atoms with van der Waals surface area (Å²) in [4.78, 5) is 13.8. The van der Waals surface area contributed by atoms with Crippen LogP contribution in [0.15, 0.2) is 41.9 Å². The Morgan fingerprint density at radius 2 is 2.11 bits per heavy atom. The fraction of sp³-hybridized carbons (Fsp3) is 0.0667. The lowest BCUT2D eigenvalue weighted by Gasteiger charge is -1.95. The number of fused-ring (bicyclic) bond motifs is 3. The molecule has 0 radical (unpaired) electrons. The second kappa shape index (κ2) is 3.90. The van der Waals surface area contributed by atoms with E-state index in [2.05, 4.69) is 34.4 Å². The molecule has 0 aliphatic heterocycles. The quantitative estimate of drug-likeness (QED) is 0.561. The van der Waals surface area contributed by atoms with Gasteiger partial charge in [0.25, 0.3) is 0 Å². The molecule has 3 heterocycles. The van der Waals surface area contributed by atoms with Gasteiger partial charge in [0.2, 0.25) is 0 Å². The van der Waals surface area contributed by atoms with Crippen LogP contribution in [0.2, 0.25) is 0 Å². The maximum Gasteiger partial charge on any atom is 0.139 e. The van der Waals surface area contributed by atoms with Crippen molar-refractivity contribution in [1.29, 1.82) is 0 Å². The van der Waals surface area contributed by atoms with Gasteiger partial charge in [0, 0.05) is 21.2 Å². The number of para-hydroxylation sites is 1. The Hall–Kier alpha value is -2.20. The molecule has 92 valence electrons. The molecule has 0 aliphatic rings. The van der Waals surface area contributed by atoms with E-state index in [9.17, 15) is 0 Å². The van der Waals surface area contributed by atoms with Crippen molar-refractivity contribution in [3.63, 3.8) is 0 Å². The average Bonchev–Trinajstić information content (AvgIpc) is 3.04. The highest BCUT2D eigenvalue weighted by atomic mass is 32.1. The fourth-order valence-electron chi connectivity index (χ4n) is 2.31. The molecule has 3 aromatic heterocycles. The predicted molar refractivity (Wildman–Crippen MR) is 79.4 cm³/mol. The number of aromatic amines is 1. The van der Waals surface area contributed by atoms with Gasteiger partial charge in [-0.3, -0.25) is 4.98 Å².